The van der Waals surface area contributed by atoms with Gasteiger partial charge in [0, 0.05) is 0 Å². The summed E-state index contributed by atoms with van der Waals surface area (Å²) in [6.07, 6.45) is 5.39. The van der Waals surface area contributed by atoms with Crippen molar-refractivity contribution in [3.8, 4) is 23.0 Å². The zero-order valence-electron chi connectivity index (χ0n) is 16.9. The molecule has 2 aromatic rings. The Labute approximate surface area is 162 Å². The molecule has 0 aliphatic carbocycles. The standard InChI is InChI=1S/C23H32O4/c1-16(5-7-18-9-11-20(24)22(14-18)26-3)13-17(2)6-8-19-10-12-21(25)23(15-19)27-4/h9-12,14-17,24-25H,5-8,13H2,1-4H3. The number of hydrogen-bond donors (Lipinski definition) is 2. The number of phenolic OH excluding ortho intramolecular Hbond substituents is 2. The average molecular weight is 373 g/mol. The van der Waals surface area contributed by atoms with Crippen LogP contribution in [0.15, 0.2) is 36.4 Å². The van der Waals surface area contributed by atoms with Crippen LogP contribution in [0.25, 0.3) is 0 Å². The summed E-state index contributed by atoms with van der Waals surface area (Å²) in [4.78, 5) is 0. The van der Waals surface area contributed by atoms with Gasteiger partial charge in [-0.2, -0.15) is 0 Å². The number of benzene rings is 2. The van der Waals surface area contributed by atoms with Crippen LogP contribution in [0.2, 0.25) is 0 Å². The van der Waals surface area contributed by atoms with E-state index in [9.17, 15) is 10.2 Å². The zero-order chi connectivity index (χ0) is 19.8. The van der Waals surface area contributed by atoms with Gasteiger partial charge in [0.25, 0.3) is 0 Å². The molecule has 0 aliphatic rings. The van der Waals surface area contributed by atoms with Crippen LogP contribution in [-0.2, 0) is 12.8 Å². The summed E-state index contributed by atoms with van der Waals surface area (Å²) >= 11 is 0. The Morgan fingerprint density at radius 3 is 1.52 bits per heavy atom. The molecule has 2 unspecified atom stereocenters. The average Bonchev–Trinajstić information content (AvgIpc) is 2.66. The Balaban J connectivity index is 1.77. The van der Waals surface area contributed by atoms with Crippen molar-refractivity contribution in [2.75, 3.05) is 14.2 Å². The van der Waals surface area contributed by atoms with Gasteiger partial charge in [-0.25, -0.2) is 0 Å². The van der Waals surface area contributed by atoms with E-state index in [-0.39, 0.29) is 11.5 Å². The molecule has 2 aromatic carbocycles. The molecule has 0 amide bonds. The van der Waals surface area contributed by atoms with E-state index in [1.165, 1.54) is 17.5 Å². The number of methoxy groups -OCH3 is 2. The third-order valence-electron chi connectivity index (χ3n) is 5.14. The maximum Gasteiger partial charge on any atom is 0.160 e. The highest BCUT2D eigenvalue weighted by atomic mass is 16.5. The maximum atomic E-state index is 9.69. The summed E-state index contributed by atoms with van der Waals surface area (Å²) in [6, 6.07) is 11.2. The molecule has 4 nitrogen and oxygen atoms in total. The summed E-state index contributed by atoms with van der Waals surface area (Å²) < 4.78 is 10.4. The SMILES string of the molecule is COc1cc(CCC(C)CC(C)CCc2ccc(O)c(OC)c2)ccc1O. The van der Waals surface area contributed by atoms with Crippen LogP contribution in [0.4, 0.5) is 0 Å². The van der Waals surface area contributed by atoms with E-state index in [0.717, 1.165) is 25.7 Å². The summed E-state index contributed by atoms with van der Waals surface area (Å²) in [7, 11) is 3.15. The fourth-order valence-electron chi connectivity index (χ4n) is 3.50. The molecule has 0 bridgehead atoms. The Bertz CT molecular complexity index is 665. The monoisotopic (exact) mass is 372 g/mol. The molecule has 4 heteroatoms. The van der Waals surface area contributed by atoms with Gasteiger partial charge in [-0.15, -0.1) is 0 Å². The quantitative estimate of drug-likeness (QED) is 0.591. The molecule has 0 aliphatic heterocycles. The molecule has 148 valence electrons. The van der Waals surface area contributed by atoms with Crippen LogP contribution in [-0.4, -0.2) is 24.4 Å². The van der Waals surface area contributed by atoms with Gasteiger partial charge in [-0.1, -0.05) is 26.0 Å². The lowest BCUT2D eigenvalue weighted by Gasteiger charge is -2.18. The number of phenols is 2. The van der Waals surface area contributed by atoms with Crippen molar-refractivity contribution >= 4 is 0 Å². The smallest absolute Gasteiger partial charge is 0.160 e. The fraction of sp³-hybridized carbons (Fsp3) is 0.478. The van der Waals surface area contributed by atoms with Crippen LogP contribution in [0.5, 0.6) is 23.0 Å². The third-order valence-corrected chi connectivity index (χ3v) is 5.14. The molecule has 0 saturated carbocycles. The summed E-state index contributed by atoms with van der Waals surface area (Å²) in [5.41, 5.74) is 2.39. The maximum absolute atomic E-state index is 9.69. The van der Waals surface area contributed by atoms with Gasteiger partial charge < -0.3 is 19.7 Å². The van der Waals surface area contributed by atoms with Crippen LogP contribution in [0.1, 0.15) is 44.2 Å². The van der Waals surface area contributed by atoms with Crippen LogP contribution >= 0.6 is 0 Å². The van der Waals surface area contributed by atoms with E-state index in [4.69, 9.17) is 9.47 Å². The number of ether oxygens (including phenoxy) is 2. The van der Waals surface area contributed by atoms with E-state index >= 15 is 0 Å². The highest BCUT2D eigenvalue weighted by Crippen LogP contribution is 2.29. The normalized spacial score (nSPS) is 13.2. The minimum absolute atomic E-state index is 0.189. The predicted octanol–water partition coefficient (Wildman–Crippen LogP) is 5.34. The van der Waals surface area contributed by atoms with Gasteiger partial charge in [-0.05, 0) is 79.3 Å². The van der Waals surface area contributed by atoms with Crippen LogP contribution in [0.3, 0.4) is 0 Å². The molecular weight excluding hydrogens is 340 g/mol. The largest absolute Gasteiger partial charge is 0.504 e. The van der Waals surface area contributed by atoms with Crippen molar-refractivity contribution < 1.29 is 19.7 Å². The molecule has 0 fully saturated rings. The molecule has 0 saturated heterocycles. The van der Waals surface area contributed by atoms with Crippen molar-refractivity contribution in [1.82, 2.24) is 0 Å². The van der Waals surface area contributed by atoms with E-state index < -0.39 is 0 Å². The lowest BCUT2D eigenvalue weighted by molar-refractivity contribution is 0.368. The van der Waals surface area contributed by atoms with Gasteiger partial charge in [0.05, 0.1) is 14.2 Å². The Kier molecular flexibility index (Phi) is 7.83. The van der Waals surface area contributed by atoms with Crippen molar-refractivity contribution in [3.05, 3.63) is 47.5 Å². The topological polar surface area (TPSA) is 58.9 Å². The minimum Gasteiger partial charge on any atom is -0.504 e. The highest BCUT2D eigenvalue weighted by Gasteiger charge is 2.11. The van der Waals surface area contributed by atoms with E-state index in [1.807, 2.05) is 24.3 Å². The summed E-state index contributed by atoms with van der Waals surface area (Å²) in [5, 5.41) is 19.4. The van der Waals surface area contributed by atoms with Gasteiger partial charge in [0.2, 0.25) is 0 Å². The molecule has 0 aromatic heterocycles. The molecule has 27 heavy (non-hydrogen) atoms. The second-order valence-electron chi connectivity index (χ2n) is 7.54. The van der Waals surface area contributed by atoms with E-state index in [1.54, 1.807) is 26.4 Å². The first kappa shape index (κ1) is 20.9. The number of hydrogen-bond acceptors (Lipinski definition) is 4. The summed E-state index contributed by atoms with van der Waals surface area (Å²) in [5.74, 6) is 2.72. The second-order valence-corrected chi connectivity index (χ2v) is 7.54. The number of rotatable bonds is 10. The van der Waals surface area contributed by atoms with Crippen LogP contribution in [0, 0.1) is 11.8 Å². The van der Waals surface area contributed by atoms with Crippen molar-refractivity contribution in [1.29, 1.82) is 0 Å². The number of aromatic hydroxyl groups is 2. The lowest BCUT2D eigenvalue weighted by Crippen LogP contribution is -2.06. The molecule has 2 atom stereocenters. The minimum atomic E-state index is 0.189. The first-order chi connectivity index (χ1) is 12.9. The van der Waals surface area contributed by atoms with Gasteiger partial charge in [0.15, 0.2) is 23.0 Å². The van der Waals surface area contributed by atoms with E-state index in [0.29, 0.717) is 23.3 Å². The molecule has 2 N–H and O–H groups in total. The molecule has 0 spiro atoms. The molecule has 2 rings (SSSR count). The predicted molar refractivity (Wildman–Crippen MR) is 109 cm³/mol. The Hall–Kier alpha value is -2.36. The molecule has 0 heterocycles. The molecular formula is C23H32O4. The van der Waals surface area contributed by atoms with E-state index in [2.05, 4.69) is 13.8 Å². The lowest BCUT2D eigenvalue weighted by atomic mass is 9.88. The van der Waals surface area contributed by atoms with Gasteiger partial charge in [-0.3, -0.25) is 0 Å². The van der Waals surface area contributed by atoms with Crippen molar-refractivity contribution in [2.45, 2.75) is 46.0 Å². The molecule has 0 radical (unpaired) electrons. The van der Waals surface area contributed by atoms with Gasteiger partial charge in [0.1, 0.15) is 0 Å². The zero-order valence-corrected chi connectivity index (χ0v) is 16.9. The Morgan fingerprint density at radius 1 is 0.741 bits per heavy atom. The summed E-state index contributed by atoms with van der Waals surface area (Å²) in [6.45, 7) is 4.61. The van der Waals surface area contributed by atoms with Gasteiger partial charge >= 0.3 is 0 Å². The van der Waals surface area contributed by atoms with Crippen molar-refractivity contribution in [3.63, 3.8) is 0 Å². The van der Waals surface area contributed by atoms with Crippen LogP contribution < -0.4 is 9.47 Å². The third kappa shape index (κ3) is 6.38. The Morgan fingerprint density at radius 2 is 1.15 bits per heavy atom. The van der Waals surface area contributed by atoms with Crippen molar-refractivity contribution in [2.24, 2.45) is 11.8 Å². The second kappa shape index (κ2) is 10.1. The number of aryl methyl sites for hydroxylation is 2. The first-order valence-electron chi connectivity index (χ1n) is 9.64. The highest BCUT2D eigenvalue weighted by molar-refractivity contribution is 5.42. The fourth-order valence-corrected chi connectivity index (χ4v) is 3.50. The first-order valence-corrected chi connectivity index (χ1v) is 9.64.